The average Bonchev–Trinajstić information content (AvgIpc) is 3.00. The SMILES string of the molecule is CC(C)c1cc(CNC(=O)NCC(O)c2ccccc2F)on1. The standard InChI is InChI=1S/C16H20FN3O3/c1-10(2)14-7-11(23-20-14)8-18-16(22)19-9-15(21)12-5-3-4-6-13(12)17/h3-7,10,15,21H,8-9H2,1-2H3,(H2,18,19,22). The molecule has 7 heteroatoms. The molecule has 2 aromatic rings. The molecular weight excluding hydrogens is 301 g/mol. The second-order valence-electron chi connectivity index (χ2n) is 5.47. The first-order valence-electron chi connectivity index (χ1n) is 7.37. The second kappa shape index (κ2) is 7.73. The van der Waals surface area contributed by atoms with Gasteiger partial charge >= 0.3 is 6.03 Å². The third-order valence-electron chi connectivity index (χ3n) is 3.31. The molecule has 0 radical (unpaired) electrons. The zero-order chi connectivity index (χ0) is 16.8. The van der Waals surface area contributed by atoms with Crippen LogP contribution in [0.1, 0.15) is 42.9 Å². The molecule has 0 saturated carbocycles. The lowest BCUT2D eigenvalue weighted by molar-refractivity contribution is 0.168. The Morgan fingerprint density at radius 3 is 2.74 bits per heavy atom. The number of nitrogens with zero attached hydrogens (tertiary/aromatic N) is 1. The van der Waals surface area contributed by atoms with E-state index in [-0.39, 0.29) is 24.6 Å². The lowest BCUT2D eigenvalue weighted by atomic mass is 10.1. The number of nitrogens with one attached hydrogen (secondary N) is 2. The number of aliphatic hydroxyl groups is 1. The second-order valence-corrected chi connectivity index (χ2v) is 5.47. The van der Waals surface area contributed by atoms with Crippen LogP contribution in [0.5, 0.6) is 0 Å². The molecule has 2 rings (SSSR count). The molecule has 6 nitrogen and oxygen atoms in total. The molecule has 0 fully saturated rings. The first-order valence-corrected chi connectivity index (χ1v) is 7.37. The number of hydrogen-bond donors (Lipinski definition) is 3. The number of carbonyl (C=O) groups is 1. The van der Waals surface area contributed by atoms with Crippen LogP contribution in [0.2, 0.25) is 0 Å². The van der Waals surface area contributed by atoms with Gasteiger partial charge in [-0.15, -0.1) is 0 Å². The summed E-state index contributed by atoms with van der Waals surface area (Å²) in [5.74, 6) is 0.279. The van der Waals surface area contributed by atoms with Gasteiger partial charge in [0.05, 0.1) is 18.3 Å². The van der Waals surface area contributed by atoms with Crippen molar-refractivity contribution in [3.05, 3.63) is 53.2 Å². The maximum Gasteiger partial charge on any atom is 0.315 e. The van der Waals surface area contributed by atoms with Crippen molar-refractivity contribution in [3.8, 4) is 0 Å². The van der Waals surface area contributed by atoms with Crippen molar-refractivity contribution in [1.82, 2.24) is 15.8 Å². The van der Waals surface area contributed by atoms with Gasteiger partial charge in [0.2, 0.25) is 0 Å². The molecule has 0 bridgehead atoms. The van der Waals surface area contributed by atoms with Crippen LogP contribution in [0, 0.1) is 5.82 Å². The van der Waals surface area contributed by atoms with E-state index in [1.54, 1.807) is 12.1 Å². The Morgan fingerprint density at radius 1 is 1.35 bits per heavy atom. The van der Waals surface area contributed by atoms with Gasteiger partial charge in [0.25, 0.3) is 0 Å². The van der Waals surface area contributed by atoms with Gasteiger partial charge in [0, 0.05) is 18.2 Å². The highest BCUT2D eigenvalue weighted by Gasteiger charge is 2.14. The molecule has 3 N–H and O–H groups in total. The first-order chi connectivity index (χ1) is 11.0. The molecule has 0 spiro atoms. The summed E-state index contributed by atoms with van der Waals surface area (Å²) < 4.78 is 18.6. The number of urea groups is 1. The van der Waals surface area contributed by atoms with Crippen molar-refractivity contribution < 1.29 is 18.8 Å². The van der Waals surface area contributed by atoms with Crippen LogP contribution >= 0.6 is 0 Å². The van der Waals surface area contributed by atoms with E-state index in [0.29, 0.717) is 5.76 Å². The van der Waals surface area contributed by atoms with E-state index in [1.807, 2.05) is 13.8 Å². The number of hydrogen-bond acceptors (Lipinski definition) is 4. The first kappa shape index (κ1) is 17.0. The van der Waals surface area contributed by atoms with Gasteiger partial charge in [-0.25, -0.2) is 9.18 Å². The lowest BCUT2D eigenvalue weighted by Gasteiger charge is -2.13. The molecule has 0 aliphatic carbocycles. The highest BCUT2D eigenvalue weighted by molar-refractivity contribution is 5.73. The van der Waals surface area contributed by atoms with Gasteiger partial charge in [-0.2, -0.15) is 0 Å². The van der Waals surface area contributed by atoms with Gasteiger partial charge in [-0.3, -0.25) is 0 Å². The predicted molar refractivity (Wildman–Crippen MR) is 82.2 cm³/mol. The number of aromatic nitrogens is 1. The molecule has 1 aromatic heterocycles. The molecule has 1 aromatic carbocycles. The average molecular weight is 321 g/mol. The normalized spacial score (nSPS) is 12.2. The molecule has 1 unspecified atom stereocenters. The maximum absolute atomic E-state index is 13.5. The third-order valence-corrected chi connectivity index (χ3v) is 3.31. The van der Waals surface area contributed by atoms with E-state index in [1.165, 1.54) is 18.2 Å². The molecule has 23 heavy (non-hydrogen) atoms. The van der Waals surface area contributed by atoms with E-state index < -0.39 is 18.0 Å². The van der Waals surface area contributed by atoms with Crippen LogP contribution in [0.3, 0.4) is 0 Å². The quantitative estimate of drug-likeness (QED) is 0.763. The zero-order valence-electron chi connectivity index (χ0n) is 13.0. The van der Waals surface area contributed by atoms with E-state index in [9.17, 15) is 14.3 Å². The molecular formula is C16H20FN3O3. The summed E-state index contributed by atoms with van der Waals surface area (Å²) in [4.78, 5) is 11.7. The number of amides is 2. The fourth-order valence-corrected chi connectivity index (χ4v) is 1.96. The van der Waals surface area contributed by atoms with Crippen LogP contribution < -0.4 is 10.6 Å². The number of halogens is 1. The van der Waals surface area contributed by atoms with E-state index in [0.717, 1.165) is 5.69 Å². The summed E-state index contributed by atoms with van der Waals surface area (Å²) in [7, 11) is 0. The Morgan fingerprint density at radius 2 is 2.09 bits per heavy atom. The minimum absolute atomic E-state index is 0.0968. The summed E-state index contributed by atoms with van der Waals surface area (Å²) >= 11 is 0. The number of benzene rings is 1. The fourth-order valence-electron chi connectivity index (χ4n) is 1.96. The Bertz CT molecular complexity index is 658. The van der Waals surface area contributed by atoms with E-state index >= 15 is 0 Å². The molecule has 0 saturated heterocycles. The minimum atomic E-state index is -1.11. The van der Waals surface area contributed by atoms with Gasteiger partial charge in [0.15, 0.2) is 5.76 Å². The largest absolute Gasteiger partial charge is 0.386 e. The van der Waals surface area contributed by atoms with Crippen LogP contribution in [-0.2, 0) is 6.54 Å². The summed E-state index contributed by atoms with van der Waals surface area (Å²) in [6.45, 7) is 4.07. The summed E-state index contributed by atoms with van der Waals surface area (Å²) in [5.41, 5.74) is 0.960. The Balaban J connectivity index is 1.77. The molecule has 124 valence electrons. The highest BCUT2D eigenvalue weighted by atomic mass is 19.1. The van der Waals surface area contributed by atoms with Gasteiger partial charge in [0.1, 0.15) is 5.82 Å². The molecule has 1 heterocycles. The van der Waals surface area contributed by atoms with E-state index in [2.05, 4.69) is 15.8 Å². The van der Waals surface area contributed by atoms with Gasteiger partial charge in [-0.05, 0) is 12.0 Å². The van der Waals surface area contributed by atoms with Crippen molar-refractivity contribution in [3.63, 3.8) is 0 Å². The number of rotatable bonds is 6. The Kier molecular flexibility index (Phi) is 5.70. The van der Waals surface area contributed by atoms with Crippen molar-refractivity contribution in [2.24, 2.45) is 0 Å². The van der Waals surface area contributed by atoms with Crippen LogP contribution in [0.25, 0.3) is 0 Å². The summed E-state index contributed by atoms with van der Waals surface area (Å²) in [5, 5.41) is 18.8. The molecule has 0 aliphatic heterocycles. The van der Waals surface area contributed by atoms with Crippen LogP contribution in [0.15, 0.2) is 34.9 Å². The molecule has 2 amide bonds. The molecule has 0 aliphatic rings. The van der Waals surface area contributed by atoms with Crippen molar-refractivity contribution in [2.45, 2.75) is 32.4 Å². The smallest absolute Gasteiger partial charge is 0.315 e. The minimum Gasteiger partial charge on any atom is -0.386 e. The summed E-state index contributed by atoms with van der Waals surface area (Å²) in [6, 6.07) is 7.19. The van der Waals surface area contributed by atoms with Crippen molar-refractivity contribution >= 4 is 6.03 Å². The summed E-state index contributed by atoms with van der Waals surface area (Å²) in [6.07, 6.45) is -1.11. The fraction of sp³-hybridized carbons (Fsp3) is 0.375. The van der Waals surface area contributed by atoms with E-state index in [4.69, 9.17) is 4.52 Å². The Hall–Kier alpha value is -2.41. The van der Waals surface area contributed by atoms with Gasteiger partial charge < -0.3 is 20.3 Å². The zero-order valence-corrected chi connectivity index (χ0v) is 13.0. The maximum atomic E-state index is 13.5. The topological polar surface area (TPSA) is 87.4 Å². The molecule has 1 atom stereocenters. The lowest BCUT2D eigenvalue weighted by Crippen LogP contribution is -2.37. The van der Waals surface area contributed by atoms with Crippen molar-refractivity contribution in [1.29, 1.82) is 0 Å². The van der Waals surface area contributed by atoms with Crippen molar-refractivity contribution in [2.75, 3.05) is 6.54 Å². The van der Waals surface area contributed by atoms with Crippen LogP contribution in [-0.4, -0.2) is 22.8 Å². The number of carbonyl (C=O) groups excluding carboxylic acids is 1. The third kappa shape index (κ3) is 4.79. The number of aliphatic hydroxyl groups excluding tert-OH is 1. The van der Waals surface area contributed by atoms with Crippen LogP contribution in [0.4, 0.5) is 9.18 Å². The Labute approximate surface area is 133 Å². The monoisotopic (exact) mass is 321 g/mol. The van der Waals surface area contributed by atoms with Gasteiger partial charge in [-0.1, -0.05) is 37.2 Å². The predicted octanol–water partition coefficient (Wildman–Crippen LogP) is 2.47. The highest BCUT2D eigenvalue weighted by Crippen LogP contribution is 2.16.